The zero-order valence-corrected chi connectivity index (χ0v) is 8.12. The van der Waals surface area contributed by atoms with Crippen molar-refractivity contribution < 1.29 is 5.11 Å². The van der Waals surface area contributed by atoms with E-state index in [1.165, 1.54) is 0 Å². The van der Waals surface area contributed by atoms with Crippen LogP contribution in [0, 0.1) is 0 Å². The van der Waals surface area contributed by atoms with E-state index in [1.54, 1.807) is 6.20 Å². The van der Waals surface area contributed by atoms with E-state index in [9.17, 15) is 0 Å². The second kappa shape index (κ2) is 4.99. The Balaban J connectivity index is 2.37. The van der Waals surface area contributed by atoms with Gasteiger partial charge < -0.3 is 10.4 Å². The van der Waals surface area contributed by atoms with E-state index >= 15 is 0 Å². The van der Waals surface area contributed by atoms with Crippen LogP contribution in [-0.2, 0) is 0 Å². The van der Waals surface area contributed by atoms with Crippen LogP contribution in [0.4, 0.5) is 0 Å². The topological polar surface area (TPSA) is 60.9 Å². The lowest BCUT2D eigenvalue weighted by molar-refractivity contribution is 0.264. The fourth-order valence-corrected chi connectivity index (χ4v) is 1.30. The molecule has 0 aliphatic carbocycles. The van der Waals surface area contributed by atoms with Gasteiger partial charge in [-0.2, -0.15) is 5.10 Å². The van der Waals surface area contributed by atoms with Crippen molar-refractivity contribution >= 4 is 0 Å². The van der Waals surface area contributed by atoms with E-state index in [1.807, 2.05) is 6.07 Å². The average molecular weight is 183 g/mol. The SMILES string of the molecule is CC(CCO)NC(C)c1ccn[nH]1. The number of nitrogens with one attached hydrogen (secondary N) is 2. The Kier molecular flexibility index (Phi) is 3.92. The molecule has 0 bridgehead atoms. The summed E-state index contributed by atoms with van der Waals surface area (Å²) < 4.78 is 0. The summed E-state index contributed by atoms with van der Waals surface area (Å²) >= 11 is 0. The van der Waals surface area contributed by atoms with Crippen LogP contribution in [0.3, 0.4) is 0 Å². The molecule has 0 fully saturated rings. The van der Waals surface area contributed by atoms with Crippen molar-refractivity contribution in [2.24, 2.45) is 0 Å². The molecule has 2 atom stereocenters. The van der Waals surface area contributed by atoms with E-state index in [0.29, 0.717) is 6.04 Å². The summed E-state index contributed by atoms with van der Waals surface area (Å²) in [5, 5.41) is 18.9. The summed E-state index contributed by atoms with van der Waals surface area (Å²) in [6, 6.07) is 2.52. The number of nitrogens with zero attached hydrogens (tertiary/aromatic N) is 1. The van der Waals surface area contributed by atoms with E-state index in [-0.39, 0.29) is 12.6 Å². The van der Waals surface area contributed by atoms with Gasteiger partial charge in [-0.15, -0.1) is 0 Å². The van der Waals surface area contributed by atoms with Gasteiger partial charge in [-0.05, 0) is 26.3 Å². The summed E-state index contributed by atoms with van der Waals surface area (Å²) in [6.07, 6.45) is 2.52. The molecule has 1 aromatic rings. The van der Waals surface area contributed by atoms with Crippen LogP contribution >= 0.6 is 0 Å². The van der Waals surface area contributed by atoms with Crippen LogP contribution in [0.2, 0.25) is 0 Å². The second-order valence-corrected chi connectivity index (χ2v) is 3.31. The number of aliphatic hydroxyl groups excluding tert-OH is 1. The number of H-pyrrole nitrogens is 1. The molecule has 0 saturated heterocycles. The van der Waals surface area contributed by atoms with Gasteiger partial charge in [0.15, 0.2) is 0 Å². The fourth-order valence-electron chi connectivity index (χ4n) is 1.30. The molecule has 3 N–H and O–H groups in total. The van der Waals surface area contributed by atoms with Gasteiger partial charge in [-0.1, -0.05) is 0 Å². The first-order valence-electron chi connectivity index (χ1n) is 4.60. The highest BCUT2D eigenvalue weighted by atomic mass is 16.3. The molecule has 1 heterocycles. The number of aromatic nitrogens is 2. The molecule has 4 heteroatoms. The first-order valence-corrected chi connectivity index (χ1v) is 4.60. The molecule has 2 unspecified atom stereocenters. The fraction of sp³-hybridized carbons (Fsp3) is 0.667. The van der Waals surface area contributed by atoms with Crippen LogP contribution in [0.5, 0.6) is 0 Å². The molecule has 0 spiro atoms. The third-order valence-electron chi connectivity index (χ3n) is 2.09. The zero-order valence-electron chi connectivity index (χ0n) is 8.12. The molecule has 74 valence electrons. The molecule has 4 nitrogen and oxygen atoms in total. The maximum atomic E-state index is 8.72. The molecular weight excluding hydrogens is 166 g/mol. The Labute approximate surface area is 78.4 Å². The van der Waals surface area contributed by atoms with Crippen LogP contribution < -0.4 is 5.32 Å². The van der Waals surface area contributed by atoms with Crippen molar-refractivity contribution in [2.75, 3.05) is 6.61 Å². The first-order chi connectivity index (χ1) is 6.24. The van der Waals surface area contributed by atoms with Crippen LogP contribution in [0.15, 0.2) is 12.3 Å². The average Bonchev–Trinajstić information content (AvgIpc) is 2.55. The number of rotatable bonds is 5. The van der Waals surface area contributed by atoms with Crippen LogP contribution in [-0.4, -0.2) is 28.0 Å². The van der Waals surface area contributed by atoms with Crippen molar-refractivity contribution in [2.45, 2.75) is 32.4 Å². The largest absolute Gasteiger partial charge is 0.396 e. The minimum absolute atomic E-state index is 0.226. The Morgan fingerprint density at radius 3 is 2.92 bits per heavy atom. The molecular formula is C9H17N3O. The van der Waals surface area contributed by atoms with Crippen molar-refractivity contribution in [3.8, 4) is 0 Å². The van der Waals surface area contributed by atoms with Gasteiger partial charge >= 0.3 is 0 Å². The molecule has 0 saturated carbocycles. The van der Waals surface area contributed by atoms with Crippen LogP contribution in [0.25, 0.3) is 0 Å². The summed E-state index contributed by atoms with van der Waals surface area (Å²) in [5.41, 5.74) is 1.07. The highest BCUT2D eigenvalue weighted by Gasteiger charge is 2.09. The number of hydrogen-bond acceptors (Lipinski definition) is 3. The van der Waals surface area contributed by atoms with E-state index in [0.717, 1.165) is 12.1 Å². The summed E-state index contributed by atoms with van der Waals surface area (Å²) in [5.74, 6) is 0. The van der Waals surface area contributed by atoms with E-state index < -0.39 is 0 Å². The summed E-state index contributed by atoms with van der Waals surface area (Å²) in [7, 11) is 0. The number of hydrogen-bond donors (Lipinski definition) is 3. The monoisotopic (exact) mass is 183 g/mol. The van der Waals surface area contributed by atoms with Crippen molar-refractivity contribution in [1.82, 2.24) is 15.5 Å². The first kappa shape index (κ1) is 10.2. The predicted molar refractivity (Wildman–Crippen MR) is 51.3 cm³/mol. The Morgan fingerprint density at radius 1 is 1.62 bits per heavy atom. The Bertz CT molecular complexity index is 223. The number of aromatic amines is 1. The lowest BCUT2D eigenvalue weighted by atomic mass is 10.2. The molecule has 0 radical (unpaired) electrons. The van der Waals surface area contributed by atoms with Gasteiger partial charge in [0, 0.05) is 24.9 Å². The molecule has 0 aliphatic heterocycles. The lowest BCUT2D eigenvalue weighted by Gasteiger charge is -2.17. The van der Waals surface area contributed by atoms with Gasteiger partial charge in [-0.25, -0.2) is 0 Å². The number of aliphatic hydroxyl groups is 1. The van der Waals surface area contributed by atoms with Gasteiger partial charge in [0.1, 0.15) is 0 Å². The highest BCUT2D eigenvalue weighted by molar-refractivity contribution is 5.03. The lowest BCUT2D eigenvalue weighted by Crippen LogP contribution is -2.29. The van der Waals surface area contributed by atoms with Gasteiger partial charge in [-0.3, -0.25) is 5.10 Å². The molecule has 13 heavy (non-hydrogen) atoms. The Hall–Kier alpha value is -0.870. The van der Waals surface area contributed by atoms with E-state index in [4.69, 9.17) is 5.11 Å². The summed E-state index contributed by atoms with van der Waals surface area (Å²) in [4.78, 5) is 0. The standard InChI is InChI=1S/C9H17N3O/c1-7(4-6-13)11-8(2)9-3-5-10-12-9/h3,5,7-8,11,13H,4,6H2,1-2H3,(H,10,12). The third-order valence-corrected chi connectivity index (χ3v) is 2.09. The van der Waals surface area contributed by atoms with Crippen molar-refractivity contribution in [1.29, 1.82) is 0 Å². The second-order valence-electron chi connectivity index (χ2n) is 3.31. The van der Waals surface area contributed by atoms with E-state index in [2.05, 4.69) is 29.4 Å². The van der Waals surface area contributed by atoms with Crippen molar-refractivity contribution in [3.63, 3.8) is 0 Å². The minimum Gasteiger partial charge on any atom is -0.396 e. The smallest absolute Gasteiger partial charge is 0.0518 e. The zero-order chi connectivity index (χ0) is 9.68. The highest BCUT2D eigenvalue weighted by Crippen LogP contribution is 2.08. The predicted octanol–water partition coefficient (Wildman–Crippen LogP) is 0.831. The molecule has 0 amide bonds. The third kappa shape index (κ3) is 3.16. The normalized spacial score (nSPS) is 15.6. The van der Waals surface area contributed by atoms with Crippen LogP contribution in [0.1, 0.15) is 32.0 Å². The maximum absolute atomic E-state index is 8.72. The summed E-state index contributed by atoms with van der Waals surface area (Å²) in [6.45, 7) is 4.36. The molecule has 0 aromatic carbocycles. The van der Waals surface area contributed by atoms with Gasteiger partial charge in [0.2, 0.25) is 0 Å². The van der Waals surface area contributed by atoms with Gasteiger partial charge in [0.25, 0.3) is 0 Å². The molecule has 0 aliphatic rings. The Morgan fingerprint density at radius 2 is 2.38 bits per heavy atom. The van der Waals surface area contributed by atoms with Gasteiger partial charge in [0.05, 0.1) is 5.69 Å². The maximum Gasteiger partial charge on any atom is 0.0518 e. The van der Waals surface area contributed by atoms with Crippen molar-refractivity contribution in [3.05, 3.63) is 18.0 Å². The quantitative estimate of drug-likeness (QED) is 0.633. The minimum atomic E-state index is 0.226. The molecule has 1 aromatic heterocycles. The molecule has 1 rings (SSSR count).